The third-order valence-electron chi connectivity index (χ3n) is 3.49. The van der Waals surface area contributed by atoms with Crippen LogP contribution in [0.25, 0.3) is 0 Å². The lowest BCUT2D eigenvalue weighted by Gasteiger charge is -2.17. The fourth-order valence-corrected chi connectivity index (χ4v) is 2.33. The Hall–Kier alpha value is -1.32. The summed E-state index contributed by atoms with van der Waals surface area (Å²) in [6, 6.07) is 0. The van der Waals surface area contributed by atoms with Crippen molar-refractivity contribution in [3.05, 3.63) is 12.7 Å². The third-order valence-corrected chi connectivity index (χ3v) is 3.49. The van der Waals surface area contributed by atoms with Crippen molar-refractivity contribution in [3.63, 3.8) is 0 Å². The molecule has 0 aliphatic heterocycles. The minimum atomic E-state index is -0.223. The van der Waals surface area contributed by atoms with Crippen LogP contribution < -0.4 is 5.32 Å². The van der Waals surface area contributed by atoms with Crippen LogP contribution in [0.4, 0.5) is 0 Å². The first-order chi connectivity index (χ1) is 8.63. The van der Waals surface area contributed by atoms with Crippen molar-refractivity contribution in [1.29, 1.82) is 0 Å². The Kier molecular flexibility index (Phi) is 6.47. The fraction of sp³-hybridized carbons (Fsp3) is 0.714. The third kappa shape index (κ3) is 5.34. The van der Waals surface area contributed by atoms with Gasteiger partial charge >= 0.3 is 0 Å². The highest BCUT2D eigenvalue weighted by Gasteiger charge is 2.14. The molecule has 0 atom stereocenters. The van der Waals surface area contributed by atoms with E-state index in [2.05, 4.69) is 11.9 Å². The zero-order valence-electron chi connectivity index (χ0n) is 11.3. The number of nitrogens with one attached hydrogen (secondary N) is 1. The molecule has 1 fully saturated rings. The van der Waals surface area contributed by atoms with Gasteiger partial charge < -0.3 is 10.2 Å². The van der Waals surface area contributed by atoms with Gasteiger partial charge in [0.25, 0.3) is 0 Å². The second kappa shape index (κ2) is 7.90. The molecule has 0 aromatic carbocycles. The lowest BCUT2D eigenvalue weighted by atomic mass is 10.0. The molecule has 0 spiro atoms. The van der Waals surface area contributed by atoms with Crippen molar-refractivity contribution in [2.45, 2.75) is 38.5 Å². The van der Waals surface area contributed by atoms with Crippen molar-refractivity contribution in [1.82, 2.24) is 10.2 Å². The molecule has 4 heteroatoms. The zero-order chi connectivity index (χ0) is 13.4. The number of amides is 2. The van der Waals surface area contributed by atoms with Crippen molar-refractivity contribution in [2.24, 2.45) is 5.92 Å². The van der Waals surface area contributed by atoms with E-state index in [4.69, 9.17) is 0 Å². The molecule has 0 unspecified atom stereocenters. The van der Waals surface area contributed by atoms with Gasteiger partial charge in [0.1, 0.15) is 0 Å². The molecule has 1 aliphatic rings. The summed E-state index contributed by atoms with van der Waals surface area (Å²) in [5, 5.41) is 2.92. The van der Waals surface area contributed by atoms with E-state index in [1.165, 1.54) is 49.5 Å². The van der Waals surface area contributed by atoms with E-state index in [-0.39, 0.29) is 18.4 Å². The summed E-state index contributed by atoms with van der Waals surface area (Å²) in [6.45, 7) is 4.25. The summed E-state index contributed by atoms with van der Waals surface area (Å²) in [5.74, 6) is 0.299. The monoisotopic (exact) mass is 252 g/mol. The number of hydrogen-bond donors (Lipinski definition) is 1. The summed E-state index contributed by atoms with van der Waals surface area (Å²) in [4.78, 5) is 24.3. The number of hydrogen-bond acceptors (Lipinski definition) is 2. The largest absolute Gasteiger partial charge is 0.354 e. The van der Waals surface area contributed by atoms with Crippen LogP contribution in [0.15, 0.2) is 12.7 Å². The van der Waals surface area contributed by atoms with Gasteiger partial charge in [-0.05, 0) is 24.8 Å². The first-order valence-electron chi connectivity index (χ1n) is 6.77. The fourth-order valence-electron chi connectivity index (χ4n) is 2.33. The maximum Gasteiger partial charge on any atom is 0.246 e. The van der Waals surface area contributed by atoms with Gasteiger partial charge in [-0.25, -0.2) is 0 Å². The lowest BCUT2D eigenvalue weighted by Crippen LogP contribution is -2.39. The number of nitrogens with zero attached hydrogens (tertiary/aromatic N) is 1. The van der Waals surface area contributed by atoms with Crippen molar-refractivity contribution >= 4 is 11.8 Å². The second-order valence-electron chi connectivity index (χ2n) is 5.06. The molecule has 18 heavy (non-hydrogen) atoms. The van der Waals surface area contributed by atoms with E-state index >= 15 is 0 Å². The quantitative estimate of drug-likeness (QED) is 0.598. The Morgan fingerprint density at radius 1 is 1.28 bits per heavy atom. The van der Waals surface area contributed by atoms with Gasteiger partial charge in [0.15, 0.2) is 0 Å². The average Bonchev–Trinajstić information content (AvgIpc) is 2.63. The molecule has 102 valence electrons. The smallest absolute Gasteiger partial charge is 0.246 e. The summed E-state index contributed by atoms with van der Waals surface area (Å²) in [7, 11) is 1.61. The number of rotatable bonds is 5. The van der Waals surface area contributed by atoms with Crippen LogP contribution in [0.3, 0.4) is 0 Å². The zero-order valence-corrected chi connectivity index (χ0v) is 11.3. The van der Waals surface area contributed by atoms with Gasteiger partial charge in [-0.1, -0.05) is 32.3 Å². The Bertz CT molecular complexity index is 294. The number of carbonyl (C=O) groups is 2. The highest BCUT2D eigenvalue weighted by Crippen LogP contribution is 2.21. The van der Waals surface area contributed by atoms with Crippen LogP contribution >= 0.6 is 0 Å². The predicted octanol–water partition coefficient (Wildman–Crippen LogP) is 1.72. The average molecular weight is 252 g/mol. The molecule has 2 amide bonds. The first-order valence-corrected chi connectivity index (χ1v) is 6.77. The highest BCUT2D eigenvalue weighted by atomic mass is 16.2. The SMILES string of the molecule is C=CC(=O)N(C)CC(=O)NCC1CCCCCC1. The molecule has 0 saturated heterocycles. The maximum atomic E-state index is 11.7. The van der Waals surface area contributed by atoms with Crippen molar-refractivity contribution in [2.75, 3.05) is 20.1 Å². The van der Waals surface area contributed by atoms with E-state index in [1.807, 2.05) is 0 Å². The molecule has 1 N–H and O–H groups in total. The van der Waals surface area contributed by atoms with Gasteiger partial charge in [0.05, 0.1) is 6.54 Å². The van der Waals surface area contributed by atoms with E-state index in [0.29, 0.717) is 5.92 Å². The molecular weight excluding hydrogens is 228 g/mol. The van der Waals surface area contributed by atoms with Gasteiger partial charge in [0, 0.05) is 13.6 Å². The van der Waals surface area contributed by atoms with Gasteiger partial charge in [-0.2, -0.15) is 0 Å². The molecular formula is C14H24N2O2. The molecule has 0 radical (unpaired) electrons. The second-order valence-corrected chi connectivity index (χ2v) is 5.06. The maximum absolute atomic E-state index is 11.7. The highest BCUT2D eigenvalue weighted by molar-refractivity contribution is 5.90. The molecule has 0 aromatic rings. The Morgan fingerprint density at radius 3 is 2.44 bits per heavy atom. The van der Waals surface area contributed by atoms with Gasteiger partial charge in [-0.3, -0.25) is 9.59 Å². The topological polar surface area (TPSA) is 49.4 Å². The number of carbonyl (C=O) groups excluding carboxylic acids is 2. The Balaban J connectivity index is 2.23. The molecule has 0 bridgehead atoms. The lowest BCUT2D eigenvalue weighted by molar-refractivity contribution is -0.131. The molecule has 0 aromatic heterocycles. The summed E-state index contributed by atoms with van der Waals surface area (Å²) in [6.07, 6.45) is 8.83. The van der Waals surface area contributed by atoms with E-state index in [0.717, 1.165) is 6.54 Å². The minimum Gasteiger partial charge on any atom is -0.354 e. The standard InChI is InChI=1S/C14H24N2O2/c1-3-14(18)16(2)11-13(17)15-10-12-8-6-4-5-7-9-12/h3,12H,1,4-11H2,2H3,(H,15,17). The van der Waals surface area contributed by atoms with Crippen LogP contribution in [0, 0.1) is 5.92 Å². The van der Waals surface area contributed by atoms with Crippen LogP contribution in [0.2, 0.25) is 0 Å². The summed E-state index contributed by atoms with van der Waals surface area (Å²) < 4.78 is 0. The number of likely N-dealkylation sites (N-methyl/N-ethyl adjacent to an activating group) is 1. The first kappa shape index (κ1) is 14.7. The van der Waals surface area contributed by atoms with Crippen LogP contribution in [0.5, 0.6) is 0 Å². The van der Waals surface area contributed by atoms with Crippen LogP contribution in [0.1, 0.15) is 38.5 Å². The molecule has 1 saturated carbocycles. The summed E-state index contributed by atoms with van der Waals surface area (Å²) in [5.41, 5.74) is 0. The van der Waals surface area contributed by atoms with Crippen molar-refractivity contribution in [3.8, 4) is 0 Å². The Labute approximate surface area is 109 Å². The predicted molar refractivity (Wildman–Crippen MR) is 72.0 cm³/mol. The van der Waals surface area contributed by atoms with Gasteiger partial charge in [0.2, 0.25) is 11.8 Å². The van der Waals surface area contributed by atoms with Gasteiger partial charge in [-0.15, -0.1) is 0 Å². The Morgan fingerprint density at radius 2 is 1.89 bits per heavy atom. The van der Waals surface area contributed by atoms with E-state index in [9.17, 15) is 9.59 Å². The molecule has 1 aliphatic carbocycles. The van der Waals surface area contributed by atoms with Crippen LogP contribution in [-0.4, -0.2) is 36.9 Å². The van der Waals surface area contributed by atoms with Crippen LogP contribution in [-0.2, 0) is 9.59 Å². The van der Waals surface area contributed by atoms with E-state index in [1.54, 1.807) is 7.05 Å². The minimum absolute atomic E-state index is 0.0862. The van der Waals surface area contributed by atoms with E-state index < -0.39 is 0 Å². The van der Waals surface area contributed by atoms with Crippen molar-refractivity contribution < 1.29 is 9.59 Å². The normalized spacial score (nSPS) is 16.7. The molecule has 0 heterocycles. The molecule has 4 nitrogen and oxygen atoms in total. The molecule has 1 rings (SSSR count). The summed E-state index contributed by atoms with van der Waals surface area (Å²) >= 11 is 0.